The monoisotopic (exact) mass is 232 g/mol. The Labute approximate surface area is 105 Å². The summed E-state index contributed by atoms with van der Waals surface area (Å²) in [6, 6.07) is 9.74. The molecule has 94 valence electrons. The number of hydrogen-bond acceptors (Lipinski definition) is 2. The predicted octanol–water partition coefficient (Wildman–Crippen LogP) is 3.17. The number of nitrogens with zero attached hydrogens (tertiary/aromatic N) is 1. The normalized spacial score (nSPS) is 20.6. The lowest BCUT2D eigenvalue weighted by Gasteiger charge is -2.35. The van der Waals surface area contributed by atoms with Crippen molar-refractivity contribution in [1.29, 1.82) is 0 Å². The lowest BCUT2D eigenvalue weighted by atomic mass is 10.0. The Morgan fingerprint density at radius 3 is 2.65 bits per heavy atom. The van der Waals surface area contributed by atoms with Crippen molar-refractivity contribution >= 4 is 5.69 Å². The smallest absolute Gasteiger partial charge is 0.0368 e. The number of rotatable bonds is 4. The highest BCUT2D eigenvalue weighted by Crippen LogP contribution is 2.24. The van der Waals surface area contributed by atoms with E-state index in [-0.39, 0.29) is 0 Å². The van der Waals surface area contributed by atoms with Crippen molar-refractivity contribution in [3.63, 3.8) is 0 Å². The van der Waals surface area contributed by atoms with Crippen molar-refractivity contribution in [2.24, 2.45) is 0 Å². The third-order valence-corrected chi connectivity index (χ3v) is 3.65. The topological polar surface area (TPSA) is 15.3 Å². The number of piperidine rings is 1. The van der Waals surface area contributed by atoms with Crippen LogP contribution in [0.1, 0.15) is 38.7 Å². The molecule has 1 heterocycles. The zero-order chi connectivity index (χ0) is 12.1. The summed E-state index contributed by atoms with van der Waals surface area (Å²) >= 11 is 0. The Morgan fingerprint density at radius 1 is 1.24 bits per heavy atom. The average molecular weight is 232 g/mol. The third-order valence-electron chi connectivity index (χ3n) is 3.65. The van der Waals surface area contributed by atoms with Gasteiger partial charge < -0.3 is 10.2 Å². The first-order valence-electron chi connectivity index (χ1n) is 6.87. The largest absolute Gasteiger partial charge is 0.369 e. The van der Waals surface area contributed by atoms with E-state index in [2.05, 4.69) is 48.3 Å². The van der Waals surface area contributed by atoms with Crippen molar-refractivity contribution in [2.75, 3.05) is 18.0 Å². The molecule has 1 atom stereocenters. The first kappa shape index (κ1) is 12.4. The van der Waals surface area contributed by atoms with Crippen molar-refractivity contribution < 1.29 is 0 Å². The molecule has 0 radical (unpaired) electrons. The Bertz CT molecular complexity index is 331. The molecule has 0 amide bonds. The van der Waals surface area contributed by atoms with Crippen molar-refractivity contribution in [2.45, 2.75) is 45.7 Å². The second-order valence-electron chi connectivity index (χ2n) is 4.98. The van der Waals surface area contributed by atoms with Crippen LogP contribution in [0.15, 0.2) is 24.3 Å². The number of hydrogen-bond donors (Lipinski definition) is 1. The third kappa shape index (κ3) is 3.22. The summed E-state index contributed by atoms with van der Waals surface area (Å²) in [6.07, 6.45) is 4.05. The average Bonchev–Trinajstić information content (AvgIpc) is 2.38. The van der Waals surface area contributed by atoms with Gasteiger partial charge in [0.05, 0.1) is 0 Å². The quantitative estimate of drug-likeness (QED) is 0.857. The van der Waals surface area contributed by atoms with Gasteiger partial charge in [-0.1, -0.05) is 19.1 Å². The van der Waals surface area contributed by atoms with Gasteiger partial charge in [0, 0.05) is 24.8 Å². The molecule has 1 aromatic rings. The standard InChI is InChI=1S/C15H24N2/c1-3-16-12-14-7-9-15(10-8-14)17-11-5-4-6-13(17)2/h7-10,13,16H,3-6,11-12H2,1-2H3. The van der Waals surface area contributed by atoms with E-state index < -0.39 is 0 Å². The van der Waals surface area contributed by atoms with E-state index >= 15 is 0 Å². The fourth-order valence-electron chi connectivity index (χ4n) is 2.56. The molecule has 1 aliphatic heterocycles. The van der Waals surface area contributed by atoms with Crippen LogP contribution in [-0.4, -0.2) is 19.1 Å². The molecule has 17 heavy (non-hydrogen) atoms. The zero-order valence-corrected chi connectivity index (χ0v) is 11.1. The molecule has 2 heteroatoms. The fourth-order valence-corrected chi connectivity index (χ4v) is 2.56. The minimum absolute atomic E-state index is 0.698. The molecule has 1 N–H and O–H groups in total. The summed E-state index contributed by atoms with van der Waals surface area (Å²) in [5.41, 5.74) is 2.76. The molecule has 1 aliphatic rings. The van der Waals surface area contributed by atoms with E-state index in [9.17, 15) is 0 Å². The molecule has 0 aliphatic carbocycles. The Balaban J connectivity index is 2.01. The van der Waals surface area contributed by atoms with Crippen molar-refractivity contribution in [1.82, 2.24) is 5.32 Å². The van der Waals surface area contributed by atoms with E-state index in [4.69, 9.17) is 0 Å². The van der Waals surface area contributed by atoms with E-state index in [1.807, 2.05) is 0 Å². The van der Waals surface area contributed by atoms with Gasteiger partial charge in [-0.05, 0) is 50.4 Å². The second kappa shape index (κ2) is 6.06. The molecule has 2 nitrogen and oxygen atoms in total. The minimum atomic E-state index is 0.698. The predicted molar refractivity (Wildman–Crippen MR) is 74.5 cm³/mol. The first-order chi connectivity index (χ1) is 8.31. The van der Waals surface area contributed by atoms with Crippen LogP contribution in [0, 0.1) is 0 Å². The number of benzene rings is 1. The van der Waals surface area contributed by atoms with Gasteiger partial charge in [-0.15, -0.1) is 0 Å². The van der Waals surface area contributed by atoms with Gasteiger partial charge in [-0.2, -0.15) is 0 Å². The maximum atomic E-state index is 3.36. The lowest BCUT2D eigenvalue weighted by molar-refractivity contribution is 0.485. The maximum absolute atomic E-state index is 3.36. The summed E-state index contributed by atoms with van der Waals surface area (Å²) in [7, 11) is 0. The molecule has 0 spiro atoms. The molecule has 0 saturated carbocycles. The Hall–Kier alpha value is -1.02. The van der Waals surface area contributed by atoms with Crippen LogP contribution in [0.25, 0.3) is 0 Å². The van der Waals surface area contributed by atoms with Gasteiger partial charge in [0.2, 0.25) is 0 Å². The van der Waals surface area contributed by atoms with Gasteiger partial charge in [0.15, 0.2) is 0 Å². The first-order valence-corrected chi connectivity index (χ1v) is 6.87. The molecule has 1 saturated heterocycles. The molecule has 1 fully saturated rings. The van der Waals surface area contributed by atoms with Crippen LogP contribution < -0.4 is 10.2 Å². The van der Waals surface area contributed by atoms with Crippen molar-refractivity contribution in [3.05, 3.63) is 29.8 Å². The zero-order valence-electron chi connectivity index (χ0n) is 11.1. The Kier molecular flexibility index (Phi) is 4.43. The van der Waals surface area contributed by atoms with Crippen LogP contribution in [0.5, 0.6) is 0 Å². The van der Waals surface area contributed by atoms with Crippen LogP contribution in [0.2, 0.25) is 0 Å². The summed E-state index contributed by atoms with van der Waals surface area (Å²) < 4.78 is 0. The van der Waals surface area contributed by atoms with E-state index in [1.54, 1.807) is 0 Å². The molecule has 0 aromatic heterocycles. The van der Waals surface area contributed by atoms with E-state index in [0.29, 0.717) is 6.04 Å². The van der Waals surface area contributed by atoms with Crippen LogP contribution in [0.4, 0.5) is 5.69 Å². The molecular formula is C15H24N2. The summed E-state index contributed by atoms with van der Waals surface area (Å²) in [5.74, 6) is 0. The molecular weight excluding hydrogens is 208 g/mol. The van der Waals surface area contributed by atoms with Gasteiger partial charge in [0.1, 0.15) is 0 Å². The van der Waals surface area contributed by atoms with Gasteiger partial charge in [-0.3, -0.25) is 0 Å². The Morgan fingerprint density at radius 2 is 2.00 bits per heavy atom. The molecule has 0 bridgehead atoms. The summed E-state index contributed by atoms with van der Waals surface area (Å²) in [4.78, 5) is 2.54. The van der Waals surface area contributed by atoms with Crippen LogP contribution >= 0.6 is 0 Å². The molecule has 1 aromatic carbocycles. The number of anilines is 1. The maximum Gasteiger partial charge on any atom is 0.0368 e. The lowest BCUT2D eigenvalue weighted by Crippen LogP contribution is -2.37. The molecule has 1 unspecified atom stereocenters. The summed E-state index contributed by atoms with van der Waals surface area (Å²) in [5, 5.41) is 3.36. The van der Waals surface area contributed by atoms with E-state index in [0.717, 1.165) is 13.1 Å². The molecule has 2 rings (SSSR count). The van der Waals surface area contributed by atoms with Gasteiger partial charge in [0.25, 0.3) is 0 Å². The second-order valence-corrected chi connectivity index (χ2v) is 4.98. The van der Waals surface area contributed by atoms with Crippen LogP contribution in [0.3, 0.4) is 0 Å². The fraction of sp³-hybridized carbons (Fsp3) is 0.600. The minimum Gasteiger partial charge on any atom is -0.369 e. The highest BCUT2D eigenvalue weighted by atomic mass is 15.2. The van der Waals surface area contributed by atoms with Crippen molar-refractivity contribution in [3.8, 4) is 0 Å². The van der Waals surface area contributed by atoms with Gasteiger partial charge >= 0.3 is 0 Å². The van der Waals surface area contributed by atoms with Gasteiger partial charge in [-0.25, -0.2) is 0 Å². The van der Waals surface area contributed by atoms with E-state index in [1.165, 1.54) is 37.1 Å². The highest BCUT2D eigenvalue weighted by molar-refractivity contribution is 5.48. The highest BCUT2D eigenvalue weighted by Gasteiger charge is 2.17. The summed E-state index contributed by atoms with van der Waals surface area (Å²) in [6.45, 7) is 7.71. The number of nitrogens with one attached hydrogen (secondary N) is 1. The van der Waals surface area contributed by atoms with Crippen LogP contribution in [-0.2, 0) is 6.54 Å². The SMILES string of the molecule is CCNCc1ccc(N2CCCCC2C)cc1.